The van der Waals surface area contributed by atoms with Gasteiger partial charge in [0.2, 0.25) is 0 Å². The van der Waals surface area contributed by atoms with Crippen molar-refractivity contribution in [2.75, 3.05) is 0 Å². The smallest absolute Gasteiger partial charge is 0.416 e. The number of rotatable bonds is 2. The van der Waals surface area contributed by atoms with Crippen LogP contribution in [-0.4, -0.2) is 16.1 Å². The molecule has 0 aliphatic rings. The average Bonchev–Trinajstić information content (AvgIpc) is 2.71. The van der Waals surface area contributed by atoms with E-state index in [0.29, 0.717) is 0 Å². The maximum absolute atomic E-state index is 12.6. The van der Waals surface area contributed by atoms with Gasteiger partial charge < -0.3 is 10.1 Å². The maximum Gasteiger partial charge on any atom is 0.416 e. The van der Waals surface area contributed by atoms with Gasteiger partial charge in [-0.1, -0.05) is 23.5 Å². The minimum absolute atomic E-state index is 0.0913. The molecule has 2 N–H and O–H groups in total. The number of alkyl halides is 3. The Morgan fingerprint density at radius 1 is 1.37 bits per heavy atom. The average molecular weight is 305 g/mol. The number of aromatic amines is 1. The summed E-state index contributed by atoms with van der Waals surface area (Å²) in [4.78, 5) is 13.5. The van der Waals surface area contributed by atoms with E-state index in [4.69, 9.17) is 17.3 Å². The molecule has 1 heterocycles. The number of hydrogen-bond acceptors (Lipinski definition) is 3. The Balaban J connectivity index is 2.60. The lowest BCUT2D eigenvalue weighted by Gasteiger charge is -2.08. The lowest BCUT2D eigenvalue weighted by Crippen LogP contribution is -2.05. The van der Waals surface area contributed by atoms with Crippen LogP contribution in [0, 0.1) is 3.95 Å². The number of carboxylic acids is 1. The summed E-state index contributed by atoms with van der Waals surface area (Å²) < 4.78 is 38.0. The minimum Gasteiger partial charge on any atom is -0.477 e. The van der Waals surface area contributed by atoms with Crippen molar-refractivity contribution in [3.05, 3.63) is 38.7 Å². The molecular formula is C11H6F3NO2S2. The Bertz CT molecular complexity index is 688. The van der Waals surface area contributed by atoms with Crippen molar-refractivity contribution in [1.29, 1.82) is 0 Å². The molecule has 1 aromatic heterocycles. The lowest BCUT2D eigenvalue weighted by molar-refractivity contribution is -0.137. The normalized spacial score (nSPS) is 11.5. The van der Waals surface area contributed by atoms with Gasteiger partial charge in [-0.05, 0) is 24.4 Å². The van der Waals surface area contributed by atoms with Crippen LogP contribution in [0.5, 0.6) is 0 Å². The largest absolute Gasteiger partial charge is 0.477 e. The highest BCUT2D eigenvalue weighted by atomic mass is 32.1. The van der Waals surface area contributed by atoms with Crippen LogP contribution in [0.4, 0.5) is 13.2 Å². The second-order valence-electron chi connectivity index (χ2n) is 3.60. The molecule has 0 saturated heterocycles. The topological polar surface area (TPSA) is 53.1 Å². The third-order valence-electron chi connectivity index (χ3n) is 2.32. The molecule has 0 fully saturated rings. The SMILES string of the molecule is O=C(O)c1sc(=S)[nH]c1-c1cccc(C(F)(F)F)c1. The van der Waals surface area contributed by atoms with Crippen molar-refractivity contribution in [2.45, 2.75) is 6.18 Å². The van der Waals surface area contributed by atoms with Gasteiger partial charge in [0.1, 0.15) is 4.88 Å². The van der Waals surface area contributed by atoms with Crippen molar-refractivity contribution in [3.8, 4) is 11.3 Å². The Morgan fingerprint density at radius 2 is 2.05 bits per heavy atom. The number of hydrogen-bond donors (Lipinski definition) is 2. The molecule has 0 unspecified atom stereocenters. The molecule has 0 radical (unpaired) electrons. The molecule has 0 aliphatic carbocycles. The molecule has 0 spiro atoms. The van der Waals surface area contributed by atoms with Gasteiger partial charge in [0.05, 0.1) is 11.3 Å². The van der Waals surface area contributed by atoms with E-state index in [1.807, 2.05) is 0 Å². The van der Waals surface area contributed by atoms with Gasteiger partial charge in [0.25, 0.3) is 0 Å². The van der Waals surface area contributed by atoms with Gasteiger partial charge in [-0.3, -0.25) is 0 Å². The van der Waals surface area contributed by atoms with Gasteiger partial charge in [0.15, 0.2) is 3.95 Å². The van der Waals surface area contributed by atoms with E-state index in [9.17, 15) is 18.0 Å². The van der Waals surface area contributed by atoms with Crippen LogP contribution in [0.15, 0.2) is 24.3 Å². The predicted octanol–water partition coefficient (Wildman–Crippen LogP) is 4.19. The molecule has 100 valence electrons. The first-order valence-corrected chi connectivity index (χ1v) is 6.15. The molecule has 3 nitrogen and oxygen atoms in total. The van der Waals surface area contributed by atoms with E-state index >= 15 is 0 Å². The third kappa shape index (κ3) is 2.85. The van der Waals surface area contributed by atoms with Crippen molar-refractivity contribution in [1.82, 2.24) is 4.98 Å². The van der Waals surface area contributed by atoms with E-state index in [0.717, 1.165) is 23.5 Å². The highest BCUT2D eigenvalue weighted by Crippen LogP contribution is 2.33. The summed E-state index contributed by atoms with van der Waals surface area (Å²) in [7, 11) is 0. The summed E-state index contributed by atoms with van der Waals surface area (Å²) in [6.45, 7) is 0. The van der Waals surface area contributed by atoms with Crippen LogP contribution in [0.2, 0.25) is 0 Å². The molecule has 1 aromatic carbocycles. The number of halogens is 3. The lowest BCUT2D eigenvalue weighted by atomic mass is 10.1. The van der Waals surface area contributed by atoms with Crippen molar-refractivity contribution < 1.29 is 23.1 Å². The first-order valence-electron chi connectivity index (χ1n) is 4.93. The first-order chi connectivity index (χ1) is 8.79. The molecule has 0 bridgehead atoms. The molecule has 0 atom stereocenters. The summed E-state index contributed by atoms with van der Waals surface area (Å²) in [6, 6.07) is 4.43. The molecule has 19 heavy (non-hydrogen) atoms. The Hall–Kier alpha value is -1.67. The summed E-state index contributed by atoms with van der Waals surface area (Å²) in [6.07, 6.45) is -4.48. The quantitative estimate of drug-likeness (QED) is 0.818. The highest BCUT2D eigenvalue weighted by molar-refractivity contribution is 7.73. The summed E-state index contributed by atoms with van der Waals surface area (Å²) in [5, 5.41) is 8.99. The van der Waals surface area contributed by atoms with Gasteiger partial charge >= 0.3 is 12.1 Å². The fraction of sp³-hybridized carbons (Fsp3) is 0.0909. The predicted molar refractivity (Wildman–Crippen MR) is 66.9 cm³/mol. The Kier molecular flexibility index (Phi) is 3.46. The molecular weight excluding hydrogens is 299 g/mol. The van der Waals surface area contributed by atoms with Crippen molar-refractivity contribution in [2.24, 2.45) is 0 Å². The highest BCUT2D eigenvalue weighted by Gasteiger charge is 2.31. The van der Waals surface area contributed by atoms with Gasteiger partial charge in [0, 0.05) is 5.56 Å². The minimum atomic E-state index is -4.48. The number of thiazole rings is 1. The number of H-pyrrole nitrogens is 1. The number of aromatic carboxylic acids is 1. The Labute approximate surface area is 114 Å². The Morgan fingerprint density at radius 3 is 2.63 bits per heavy atom. The van der Waals surface area contributed by atoms with E-state index in [-0.39, 0.29) is 20.1 Å². The fourth-order valence-corrected chi connectivity index (χ4v) is 2.58. The molecule has 2 rings (SSSR count). The van der Waals surface area contributed by atoms with Crippen LogP contribution in [0.25, 0.3) is 11.3 Å². The molecule has 0 saturated carbocycles. The molecule has 8 heteroatoms. The molecule has 0 amide bonds. The number of nitrogens with one attached hydrogen (secondary N) is 1. The number of carboxylic acid groups (broad SMARTS) is 1. The van der Waals surface area contributed by atoms with Crippen LogP contribution in [-0.2, 0) is 6.18 Å². The van der Waals surface area contributed by atoms with Gasteiger partial charge in [-0.2, -0.15) is 13.2 Å². The van der Waals surface area contributed by atoms with Crippen molar-refractivity contribution >= 4 is 29.5 Å². The first kappa shape index (κ1) is 13.8. The van der Waals surface area contributed by atoms with Gasteiger partial charge in [-0.15, -0.1) is 0 Å². The fourth-order valence-electron chi connectivity index (χ4n) is 1.53. The third-order valence-corrected chi connectivity index (χ3v) is 3.54. The van der Waals surface area contributed by atoms with Gasteiger partial charge in [-0.25, -0.2) is 4.79 Å². The summed E-state index contributed by atoms with van der Waals surface area (Å²) in [5.41, 5.74) is -0.611. The second-order valence-corrected chi connectivity index (χ2v) is 5.29. The van der Waals surface area contributed by atoms with Crippen LogP contribution >= 0.6 is 23.6 Å². The molecule has 0 aliphatic heterocycles. The zero-order valence-electron chi connectivity index (χ0n) is 9.12. The summed E-state index contributed by atoms with van der Waals surface area (Å²) >= 11 is 5.63. The van der Waals surface area contributed by atoms with Crippen LogP contribution in [0.3, 0.4) is 0 Å². The number of benzene rings is 1. The van der Waals surface area contributed by atoms with E-state index < -0.39 is 17.7 Å². The second kappa shape index (κ2) is 4.78. The van der Waals surface area contributed by atoms with E-state index in [2.05, 4.69) is 4.98 Å². The monoisotopic (exact) mass is 305 g/mol. The summed E-state index contributed by atoms with van der Waals surface area (Å²) in [5.74, 6) is -1.23. The molecule has 2 aromatic rings. The van der Waals surface area contributed by atoms with E-state index in [1.54, 1.807) is 0 Å². The van der Waals surface area contributed by atoms with E-state index in [1.165, 1.54) is 12.1 Å². The number of carbonyl (C=O) groups is 1. The van der Waals surface area contributed by atoms with Crippen LogP contribution in [0.1, 0.15) is 15.2 Å². The van der Waals surface area contributed by atoms with Crippen LogP contribution < -0.4 is 0 Å². The van der Waals surface area contributed by atoms with Crippen molar-refractivity contribution in [3.63, 3.8) is 0 Å². The zero-order valence-corrected chi connectivity index (χ0v) is 10.7. The standard InChI is InChI=1S/C11H6F3NO2S2/c12-11(13,14)6-3-1-2-5(4-6)7-8(9(16)17)19-10(18)15-7/h1-4H,(H,15,18)(H,16,17). The maximum atomic E-state index is 12.6. The zero-order chi connectivity index (χ0) is 14.2. The number of aromatic nitrogens is 1.